The lowest BCUT2D eigenvalue weighted by molar-refractivity contribution is 0.182. The van der Waals surface area contributed by atoms with E-state index in [1.54, 1.807) is 0 Å². The Morgan fingerprint density at radius 2 is 2.50 bits per heavy atom. The number of aliphatic hydroxyl groups excluding tert-OH is 1. The maximum atomic E-state index is 9.23. The van der Waals surface area contributed by atoms with Crippen molar-refractivity contribution >= 4 is 7.12 Å². The largest absolute Gasteiger partial charge is 0.488 e. The predicted octanol–water partition coefficient (Wildman–Crippen LogP) is 0.220. The summed E-state index contributed by atoms with van der Waals surface area (Å²) in [7, 11) is -0.389. The molecule has 0 bridgehead atoms. The standard InChI is InChI=1S/C6H13BO3/c1-3-6(8)7-9-4-5(2)10-7/h5-6,8H,3-4H2,1-2H3. The molecule has 0 saturated carbocycles. The quantitative estimate of drug-likeness (QED) is 0.563. The fourth-order valence-corrected chi connectivity index (χ4v) is 0.932. The van der Waals surface area contributed by atoms with Crippen LogP contribution in [0, 0.1) is 0 Å². The molecule has 2 atom stereocenters. The lowest BCUT2D eigenvalue weighted by atomic mass is 9.80. The molecule has 1 heterocycles. The molecule has 0 spiro atoms. The molecule has 1 N–H and O–H groups in total. The molecule has 1 saturated heterocycles. The molecule has 3 nitrogen and oxygen atoms in total. The second kappa shape index (κ2) is 3.37. The maximum absolute atomic E-state index is 9.23. The molecule has 2 unspecified atom stereocenters. The van der Waals surface area contributed by atoms with Gasteiger partial charge in [0.25, 0.3) is 0 Å². The summed E-state index contributed by atoms with van der Waals surface area (Å²) >= 11 is 0. The van der Waals surface area contributed by atoms with Gasteiger partial charge in [-0.15, -0.1) is 0 Å². The highest BCUT2D eigenvalue weighted by Crippen LogP contribution is 2.11. The number of aliphatic hydroxyl groups is 1. The zero-order chi connectivity index (χ0) is 7.56. The third-order valence-corrected chi connectivity index (χ3v) is 1.59. The third-order valence-electron chi connectivity index (χ3n) is 1.59. The van der Waals surface area contributed by atoms with Crippen LogP contribution in [0.5, 0.6) is 0 Å². The normalized spacial score (nSPS) is 29.1. The van der Waals surface area contributed by atoms with Crippen molar-refractivity contribution in [2.75, 3.05) is 6.61 Å². The first kappa shape index (κ1) is 8.05. The van der Waals surface area contributed by atoms with Crippen LogP contribution in [-0.2, 0) is 9.31 Å². The second-order valence-corrected chi connectivity index (χ2v) is 2.62. The van der Waals surface area contributed by atoms with Gasteiger partial charge < -0.3 is 14.4 Å². The van der Waals surface area contributed by atoms with Gasteiger partial charge in [-0.1, -0.05) is 6.92 Å². The van der Waals surface area contributed by atoms with E-state index in [-0.39, 0.29) is 13.2 Å². The first-order valence-corrected chi connectivity index (χ1v) is 3.69. The summed E-state index contributed by atoms with van der Waals surface area (Å²) in [4.78, 5) is 0. The van der Waals surface area contributed by atoms with Gasteiger partial charge in [-0.25, -0.2) is 0 Å². The van der Waals surface area contributed by atoms with E-state index < -0.39 is 6.00 Å². The van der Waals surface area contributed by atoms with Crippen molar-refractivity contribution in [1.82, 2.24) is 0 Å². The van der Waals surface area contributed by atoms with Crippen LogP contribution < -0.4 is 0 Å². The molecule has 0 aromatic heterocycles. The highest BCUT2D eigenvalue weighted by molar-refractivity contribution is 6.46. The molecule has 1 rings (SSSR count). The summed E-state index contributed by atoms with van der Waals surface area (Å²) in [6.07, 6.45) is 0.809. The number of hydrogen-bond donors (Lipinski definition) is 1. The Morgan fingerprint density at radius 3 is 2.90 bits per heavy atom. The Labute approximate surface area is 61.5 Å². The third kappa shape index (κ3) is 1.72. The second-order valence-electron chi connectivity index (χ2n) is 2.62. The zero-order valence-corrected chi connectivity index (χ0v) is 6.41. The van der Waals surface area contributed by atoms with E-state index in [9.17, 15) is 5.11 Å². The Bertz CT molecular complexity index is 109. The van der Waals surface area contributed by atoms with Crippen LogP contribution >= 0.6 is 0 Å². The van der Waals surface area contributed by atoms with Crippen molar-refractivity contribution in [3.8, 4) is 0 Å². The summed E-state index contributed by atoms with van der Waals surface area (Å²) in [6.45, 7) is 4.44. The van der Waals surface area contributed by atoms with Crippen LogP contribution in [0.25, 0.3) is 0 Å². The minimum atomic E-state index is -0.468. The fourth-order valence-electron chi connectivity index (χ4n) is 0.932. The van der Waals surface area contributed by atoms with E-state index in [1.807, 2.05) is 13.8 Å². The van der Waals surface area contributed by atoms with Gasteiger partial charge in [-0.2, -0.15) is 0 Å². The van der Waals surface area contributed by atoms with Crippen molar-refractivity contribution in [2.45, 2.75) is 32.4 Å². The topological polar surface area (TPSA) is 38.7 Å². The molecule has 0 aromatic carbocycles. The smallest absolute Gasteiger partial charge is 0.407 e. The summed E-state index contributed by atoms with van der Waals surface area (Å²) in [5.41, 5.74) is 0. The molecule has 1 aliphatic heterocycles. The number of rotatable bonds is 2. The lowest BCUT2D eigenvalue weighted by Crippen LogP contribution is -2.32. The SMILES string of the molecule is CCC(O)B1OCC(C)O1. The van der Waals surface area contributed by atoms with Gasteiger partial charge in [0.05, 0.1) is 18.7 Å². The molecule has 1 fully saturated rings. The molecule has 10 heavy (non-hydrogen) atoms. The van der Waals surface area contributed by atoms with Gasteiger partial charge in [0.1, 0.15) is 0 Å². The Morgan fingerprint density at radius 1 is 1.80 bits per heavy atom. The van der Waals surface area contributed by atoms with Crippen LogP contribution in [0.1, 0.15) is 20.3 Å². The Kier molecular flexibility index (Phi) is 2.71. The Balaban J connectivity index is 2.29. The van der Waals surface area contributed by atoms with Crippen LogP contribution in [-0.4, -0.2) is 30.9 Å². The zero-order valence-electron chi connectivity index (χ0n) is 6.41. The summed E-state index contributed by atoms with van der Waals surface area (Å²) in [5.74, 6) is 0. The first-order valence-electron chi connectivity index (χ1n) is 3.69. The van der Waals surface area contributed by atoms with E-state index in [2.05, 4.69) is 0 Å². The van der Waals surface area contributed by atoms with E-state index in [0.717, 1.165) is 0 Å². The lowest BCUT2D eigenvalue weighted by Gasteiger charge is -2.09. The van der Waals surface area contributed by atoms with Crippen molar-refractivity contribution in [2.24, 2.45) is 0 Å². The minimum Gasteiger partial charge on any atom is -0.407 e. The van der Waals surface area contributed by atoms with Crippen molar-refractivity contribution in [3.63, 3.8) is 0 Å². The monoisotopic (exact) mass is 144 g/mol. The highest BCUT2D eigenvalue weighted by atomic mass is 16.6. The fraction of sp³-hybridized carbons (Fsp3) is 1.00. The van der Waals surface area contributed by atoms with Crippen LogP contribution in [0.4, 0.5) is 0 Å². The summed E-state index contributed by atoms with van der Waals surface area (Å²) < 4.78 is 10.4. The minimum absolute atomic E-state index is 0.131. The van der Waals surface area contributed by atoms with Crippen LogP contribution in [0.2, 0.25) is 0 Å². The van der Waals surface area contributed by atoms with Gasteiger partial charge in [-0.3, -0.25) is 0 Å². The van der Waals surface area contributed by atoms with Gasteiger partial charge >= 0.3 is 7.12 Å². The first-order chi connectivity index (χ1) is 4.74. The van der Waals surface area contributed by atoms with Crippen molar-refractivity contribution < 1.29 is 14.4 Å². The Hall–Kier alpha value is -0.0551. The van der Waals surface area contributed by atoms with Gasteiger partial charge in [-0.05, 0) is 13.3 Å². The van der Waals surface area contributed by atoms with Gasteiger partial charge in [0.2, 0.25) is 0 Å². The molecule has 4 heteroatoms. The summed E-state index contributed by atoms with van der Waals surface area (Å²) in [5, 5.41) is 9.23. The summed E-state index contributed by atoms with van der Waals surface area (Å²) in [6, 6.07) is -0.468. The average Bonchev–Trinajstić information content (AvgIpc) is 2.34. The van der Waals surface area contributed by atoms with Crippen molar-refractivity contribution in [1.29, 1.82) is 0 Å². The molecule has 0 aliphatic carbocycles. The van der Waals surface area contributed by atoms with Gasteiger partial charge in [0, 0.05) is 0 Å². The molecular formula is C6H13BO3. The molecular weight excluding hydrogens is 131 g/mol. The molecule has 0 amide bonds. The van der Waals surface area contributed by atoms with E-state index >= 15 is 0 Å². The van der Waals surface area contributed by atoms with Gasteiger partial charge in [0.15, 0.2) is 0 Å². The van der Waals surface area contributed by atoms with E-state index in [4.69, 9.17) is 9.31 Å². The van der Waals surface area contributed by atoms with Crippen LogP contribution in [0.3, 0.4) is 0 Å². The van der Waals surface area contributed by atoms with Crippen LogP contribution in [0.15, 0.2) is 0 Å². The molecule has 1 aliphatic rings. The highest BCUT2D eigenvalue weighted by Gasteiger charge is 2.34. The number of hydrogen-bond acceptors (Lipinski definition) is 3. The molecule has 0 radical (unpaired) electrons. The molecule has 58 valence electrons. The van der Waals surface area contributed by atoms with Crippen molar-refractivity contribution in [3.05, 3.63) is 0 Å². The predicted molar refractivity (Wildman–Crippen MR) is 38.6 cm³/mol. The molecule has 0 aromatic rings. The van der Waals surface area contributed by atoms with E-state index in [1.165, 1.54) is 0 Å². The van der Waals surface area contributed by atoms with E-state index in [0.29, 0.717) is 13.0 Å². The maximum Gasteiger partial charge on any atom is 0.488 e. The average molecular weight is 144 g/mol.